The molecule has 1 saturated carbocycles. The second-order valence-electron chi connectivity index (χ2n) is 3.24. The van der Waals surface area contributed by atoms with Gasteiger partial charge in [-0.2, -0.15) is 0 Å². The van der Waals surface area contributed by atoms with Crippen molar-refractivity contribution in [1.82, 2.24) is 4.90 Å². The number of halogens is 2. The van der Waals surface area contributed by atoms with E-state index in [0.717, 1.165) is 6.29 Å². The molecule has 3 nitrogen and oxygen atoms in total. The number of piperidine rings is 1. The molecule has 0 spiro atoms. The third kappa shape index (κ3) is 0.837. The Bertz CT molecular complexity index is 244. The molecule has 1 aliphatic carbocycles. The molecule has 12 heavy (non-hydrogen) atoms. The average molecular weight is 208 g/mol. The first-order valence-corrected chi connectivity index (χ1v) is 4.42. The molecule has 3 atom stereocenters. The van der Waals surface area contributed by atoms with Crippen LogP contribution in [0.25, 0.3) is 0 Å². The number of aldehydes is 1. The van der Waals surface area contributed by atoms with Crippen molar-refractivity contribution in [3.05, 3.63) is 0 Å². The minimum absolute atomic E-state index is 0.0523. The molecule has 2 aliphatic rings. The Kier molecular flexibility index (Phi) is 1.64. The van der Waals surface area contributed by atoms with Gasteiger partial charge in [-0.15, -0.1) is 23.2 Å². The number of likely N-dealkylation sites (tertiary alicyclic amines) is 1. The highest BCUT2D eigenvalue weighted by atomic mass is 35.5. The van der Waals surface area contributed by atoms with Crippen LogP contribution in [-0.4, -0.2) is 34.5 Å². The monoisotopic (exact) mass is 207 g/mol. The highest BCUT2D eigenvalue weighted by Crippen LogP contribution is 2.64. The second kappa shape index (κ2) is 2.36. The van der Waals surface area contributed by atoms with Crippen molar-refractivity contribution in [2.75, 3.05) is 6.54 Å². The number of alkyl halides is 2. The molecule has 0 bridgehead atoms. The maximum atomic E-state index is 10.6. The van der Waals surface area contributed by atoms with Gasteiger partial charge < -0.3 is 9.69 Å². The van der Waals surface area contributed by atoms with Gasteiger partial charge in [-0.05, 0) is 0 Å². The van der Waals surface area contributed by atoms with E-state index in [-0.39, 0.29) is 11.8 Å². The minimum Gasteiger partial charge on any atom is -0.335 e. The smallest absolute Gasteiger partial charge is 0.210 e. The molecule has 5 heteroatoms. The lowest BCUT2D eigenvalue weighted by Gasteiger charge is -2.20. The number of carbonyl (C=O) groups excluding carboxylic acids is 2. The van der Waals surface area contributed by atoms with Crippen LogP contribution in [0.5, 0.6) is 0 Å². The molecule has 1 saturated heterocycles. The number of nitrogens with zero attached hydrogens (tertiary/aromatic N) is 1. The number of amides is 1. The fourth-order valence-electron chi connectivity index (χ4n) is 1.95. The fraction of sp³-hybridized carbons (Fsp3) is 0.714. The molecule has 0 aromatic heterocycles. The van der Waals surface area contributed by atoms with Gasteiger partial charge in [0.15, 0.2) is 0 Å². The Balaban J connectivity index is 2.17. The highest BCUT2D eigenvalue weighted by Gasteiger charge is 2.71. The Labute approximate surface area is 79.6 Å². The third-order valence-electron chi connectivity index (χ3n) is 2.70. The van der Waals surface area contributed by atoms with Gasteiger partial charge in [-0.25, -0.2) is 0 Å². The quantitative estimate of drug-likeness (QED) is 0.488. The zero-order valence-corrected chi connectivity index (χ0v) is 7.63. The summed E-state index contributed by atoms with van der Waals surface area (Å²) in [6.07, 6.45) is 1.42. The zero-order chi connectivity index (χ0) is 8.93. The Hall–Kier alpha value is -0.280. The molecule has 1 heterocycles. The first-order chi connectivity index (χ1) is 5.62. The largest absolute Gasteiger partial charge is 0.335 e. The molecule has 0 unspecified atom stereocenters. The number of hydrogen-bond donors (Lipinski definition) is 0. The zero-order valence-electron chi connectivity index (χ0n) is 6.11. The molecule has 1 amide bonds. The molecule has 1 aliphatic heterocycles. The Morgan fingerprint density at radius 1 is 1.42 bits per heavy atom. The number of fused-ring (bicyclic) bond motifs is 1. The first kappa shape index (κ1) is 8.32. The molecule has 66 valence electrons. The molecule has 0 radical (unpaired) electrons. The lowest BCUT2D eigenvalue weighted by molar-refractivity contribution is -0.124. The van der Waals surface area contributed by atoms with E-state index in [2.05, 4.69) is 0 Å². The molecule has 0 N–H and O–H groups in total. The summed E-state index contributed by atoms with van der Waals surface area (Å²) in [5, 5.41) is 0. The standard InChI is InChI=1S/C7H7Cl2NO2/c8-7(9)4-1-10(3-12)5(2-11)6(4)7/h2-6H,1H2/t4-,5+,6-/m0/s1. The van der Waals surface area contributed by atoms with Crippen LogP contribution in [0, 0.1) is 11.8 Å². The van der Waals surface area contributed by atoms with Crippen molar-refractivity contribution in [1.29, 1.82) is 0 Å². The highest BCUT2D eigenvalue weighted by molar-refractivity contribution is 6.51. The summed E-state index contributed by atoms with van der Waals surface area (Å²) in [7, 11) is 0. The predicted octanol–water partition coefficient (Wildman–Crippen LogP) is 0.446. The SMILES string of the molecule is O=C[C@@H]1[C@@H]2[C@H](CN1C=O)C2(Cl)Cl. The lowest BCUT2D eigenvalue weighted by atomic mass is 10.2. The van der Waals surface area contributed by atoms with E-state index in [0.29, 0.717) is 13.0 Å². The summed E-state index contributed by atoms with van der Waals surface area (Å²) in [4.78, 5) is 22.5. The van der Waals surface area contributed by atoms with Gasteiger partial charge in [0, 0.05) is 18.4 Å². The summed E-state index contributed by atoms with van der Waals surface area (Å²) in [5.74, 6) is 0.0322. The van der Waals surface area contributed by atoms with E-state index in [4.69, 9.17) is 23.2 Å². The topological polar surface area (TPSA) is 37.4 Å². The summed E-state index contributed by atoms with van der Waals surface area (Å²) in [6.45, 7) is 0.505. The van der Waals surface area contributed by atoms with Crippen molar-refractivity contribution in [3.8, 4) is 0 Å². The minimum atomic E-state index is -0.773. The van der Waals surface area contributed by atoms with Crippen LogP contribution < -0.4 is 0 Å². The number of carbonyl (C=O) groups is 2. The van der Waals surface area contributed by atoms with Gasteiger partial charge in [-0.3, -0.25) is 4.79 Å². The van der Waals surface area contributed by atoms with Gasteiger partial charge in [0.25, 0.3) is 0 Å². The second-order valence-corrected chi connectivity index (χ2v) is 4.68. The van der Waals surface area contributed by atoms with Gasteiger partial charge in [0.05, 0.1) is 6.04 Å². The van der Waals surface area contributed by atoms with Crippen molar-refractivity contribution in [2.45, 2.75) is 10.4 Å². The Morgan fingerprint density at radius 2 is 2.08 bits per heavy atom. The normalized spacial score (nSPS) is 42.2. The van der Waals surface area contributed by atoms with Gasteiger partial charge in [0.1, 0.15) is 10.6 Å². The third-order valence-corrected chi connectivity index (χ3v) is 3.76. The molecule has 2 rings (SSSR count). The molecular weight excluding hydrogens is 201 g/mol. The van der Waals surface area contributed by atoms with E-state index < -0.39 is 10.4 Å². The lowest BCUT2D eigenvalue weighted by Crippen LogP contribution is -2.36. The van der Waals surface area contributed by atoms with Crippen LogP contribution in [0.4, 0.5) is 0 Å². The van der Waals surface area contributed by atoms with Crippen LogP contribution in [0.1, 0.15) is 0 Å². The Morgan fingerprint density at radius 3 is 2.58 bits per heavy atom. The molecule has 0 aromatic carbocycles. The summed E-state index contributed by atoms with van der Waals surface area (Å²) in [5.41, 5.74) is 0. The molecule has 0 aromatic rings. The van der Waals surface area contributed by atoms with Crippen molar-refractivity contribution >= 4 is 35.9 Å². The predicted molar refractivity (Wildman–Crippen MR) is 44.0 cm³/mol. The van der Waals surface area contributed by atoms with E-state index >= 15 is 0 Å². The van der Waals surface area contributed by atoms with Gasteiger partial charge in [-0.1, -0.05) is 0 Å². The summed E-state index contributed by atoms with van der Waals surface area (Å²) in [6, 6.07) is -0.414. The van der Waals surface area contributed by atoms with Crippen LogP contribution in [0.15, 0.2) is 0 Å². The summed E-state index contributed by atoms with van der Waals surface area (Å²) >= 11 is 11.7. The van der Waals surface area contributed by atoms with E-state index in [1.165, 1.54) is 4.90 Å². The van der Waals surface area contributed by atoms with Crippen LogP contribution in [0.2, 0.25) is 0 Å². The number of rotatable bonds is 2. The molecule has 2 fully saturated rings. The van der Waals surface area contributed by atoms with Crippen LogP contribution >= 0.6 is 23.2 Å². The first-order valence-electron chi connectivity index (χ1n) is 3.67. The van der Waals surface area contributed by atoms with Gasteiger partial charge >= 0.3 is 0 Å². The summed E-state index contributed by atoms with van der Waals surface area (Å²) < 4.78 is -0.773. The number of hydrogen-bond acceptors (Lipinski definition) is 2. The fourth-order valence-corrected chi connectivity index (χ4v) is 2.79. The van der Waals surface area contributed by atoms with Crippen molar-refractivity contribution in [2.24, 2.45) is 11.8 Å². The van der Waals surface area contributed by atoms with Gasteiger partial charge in [0.2, 0.25) is 6.41 Å². The maximum absolute atomic E-state index is 10.6. The van der Waals surface area contributed by atoms with E-state index in [1.54, 1.807) is 0 Å². The maximum Gasteiger partial charge on any atom is 0.210 e. The molecular formula is C7H7Cl2NO2. The van der Waals surface area contributed by atoms with Crippen molar-refractivity contribution in [3.63, 3.8) is 0 Å². The van der Waals surface area contributed by atoms with Crippen LogP contribution in [-0.2, 0) is 9.59 Å². The van der Waals surface area contributed by atoms with Crippen molar-refractivity contribution < 1.29 is 9.59 Å². The van der Waals surface area contributed by atoms with E-state index in [9.17, 15) is 9.59 Å². The van der Waals surface area contributed by atoms with E-state index in [1.807, 2.05) is 0 Å². The average Bonchev–Trinajstić information content (AvgIpc) is 2.50. The van der Waals surface area contributed by atoms with Crippen LogP contribution in [0.3, 0.4) is 0 Å².